The van der Waals surface area contributed by atoms with E-state index in [1.807, 2.05) is 25.7 Å². The number of likely N-dealkylation sites (N-methyl/N-ethyl adjacent to an activating group) is 1. The molecule has 2 aliphatic heterocycles. The minimum Gasteiger partial charge on any atom is -0.444 e. The highest BCUT2D eigenvalue weighted by molar-refractivity contribution is 5.77. The van der Waals surface area contributed by atoms with Crippen LogP contribution in [0, 0.1) is 0 Å². The van der Waals surface area contributed by atoms with Crippen LogP contribution in [0.3, 0.4) is 0 Å². The Morgan fingerprint density at radius 2 is 1.93 bits per heavy atom. The molecule has 0 spiro atoms. The molecule has 6 nitrogen and oxygen atoms in total. The van der Waals surface area contributed by atoms with Gasteiger partial charge in [0.1, 0.15) is 5.60 Å². The zero-order valence-corrected chi connectivity index (χ0v) is 17.5. The number of carbonyl (C=O) groups is 2. The number of hydrogen-bond acceptors (Lipinski definition) is 4. The molecule has 0 bridgehead atoms. The fraction of sp³-hybridized carbons (Fsp3) is 0.636. The lowest BCUT2D eigenvalue weighted by Crippen LogP contribution is -2.46. The molecule has 1 unspecified atom stereocenters. The summed E-state index contributed by atoms with van der Waals surface area (Å²) >= 11 is 0. The summed E-state index contributed by atoms with van der Waals surface area (Å²) in [7, 11) is 2.10. The second-order valence-corrected chi connectivity index (χ2v) is 8.94. The van der Waals surface area contributed by atoms with Gasteiger partial charge >= 0.3 is 6.09 Å². The molecule has 1 atom stereocenters. The molecule has 2 amide bonds. The van der Waals surface area contributed by atoms with Gasteiger partial charge in [-0.2, -0.15) is 0 Å². The van der Waals surface area contributed by atoms with Crippen LogP contribution in [0.25, 0.3) is 0 Å². The summed E-state index contributed by atoms with van der Waals surface area (Å²) < 4.78 is 5.49. The fourth-order valence-corrected chi connectivity index (χ4v) is 3.98. The fourth-order valence-electron chi connectivity index (χ4n) is 3.98. The number of ether oxygens (including phenoxy) is 1. The van der Waals surface area contributed by atoms with E-state index in [0.717, 1.165) is 32.4 Å². The van der Waals surface area contributed by atoms with Crippen molar-refractivity contribution in [3.8, 4) is 0 Å². The van der Waals surface area contributed by atoms with Crippen molar-refractivity contribution in [1.82, 2.24) is 10.2 Å². The van der Waals surface area contributed by atoms with Crippen LogP contribution in [0.4, 0.5) is 10.5 Å². The topological polar surface area (TPSA) is 61.9 Å². The summed E-state index contributed by atoms with van der Waals surface area (Å²) in [6, 6.07) is 9.04. The number of nitrogens with one attached hydrogen (secondary N) is 1. The average molecular weight is 388 g/mol. The number of likely N-dealkylation sites (tertiary alicyclic amines) is 1. The van der Waals surface area contributed by atoms with Gasteiger partial charge in [0.15, 0.2) is 0 Å². The molecular weight excluding hydrogens is 354 g/mol. The highest BCUT2D eigenvalue weighted by atomic mass is 16.6. The van der Waals surface area contributed by atoms with Gasteiger partial charge in [0.2, 0.25) is 5.91 Å². The van der Waals surface area contributed by atoms with Crippen molar-refractivity contribution in [2.45, 2.75) is 64.0 Å². The molecule has 1 aromatic rings. The molecule has 2 heterocycles. The number of nitrogens with zero attached hydrogens (tertiary/aromatic N) is 2. The van der Waals surface area contributed by atoms with Gasteiger partial charge < -0.3 is 19.9 Å². The number of rotatable bonds is 3. The summed E-state index contributed by atoms with van der Waals surface area (Å²) in [6.45, 7) is 7.86. The SMILES string of the molecule is CN(c1cccc(C2CCN(C(=O)OC(C)(C)C)CC2)c1)C1CCC(=O)NC1. The van der Waals surface area contributed by atoms with E-state index < -0.39 is 5.60 Å². The summed E-state index contributed by atoms with van der Waals surface area (Å²) in [6.07, 6.45) is 3.18. The van der Waals surface area contributed by atoms with Gasteiger partial charge in [0.05, 0.1) is 0 Å². The van der Waals surface area contributed by atoms with Crippen LogP contribution >= 0.6 is 0 Å². The van der Waals surface area contributed by atoms with Crippen LogP contribution in [-0.2, 0) is 9.53 Å². The van der Waals surface area contributed by atoms with Gasteiger partial charge in [0.25, 0.3) is 0 Å². The van der Waals surface area contributed by atoms with E-state index in [0.29, 0.717) is 24.9 Å². The first kappa shape index (κ1) is 20.5. The van der Waals surface area contributed by atoms with E-state index in [4.69, 9.17) is 4.74 Å². The zero-order valence-electron chi connectivity index (χ0n) is 17.5. The van der Waals surface area contributed by atoms with Gasteiger partial charge in [0, 0.05) is 44.8 Å². The molecule has 0 radical (unpaired) electrons. The standard InChI is InChI=1S/C22H33N3O3/c1-22(2,3)28-21(27)25-12-10-16(11-13-25)17-6-5-7-18(14-17)24(4)19-8-9-20(26)23-15-19/h5-7,14,16,19H,8-13,15H2,1-4H3,(H,23,26). The molecule has 0 aromatic heterocycles. The number of piperidine rings is 2. The highest BCUT2D eigenvalue weighted by Gasteiger charge is 2.28. The Morgan fingerprint density at radius 3 is 2.54 bits per heavy atom. The highest BCUT2D eigenvalue weighted by Crippen LogP contribution is 2.31. The molecule has 0 saturated carbocycles. The largest absolute Gasteiger partial charge is 0.444 e. The van der Waals surface area contributed by atoms with E-state index in [1.54, 1.807) is 0 Å². The number of benzene rings is 1. The third-order valence-corrected chi connectivity index (χ3v) is 5.68. The lowest BCUT2D eigenvalue weighted by atomic mass is 9.89. The normalized spacial score (nSPS) is 21.2. The van der Waals surface area contributed by atoms with Crippen molar-refractivity contribution in [2.75, 3.05) is 31.6 Å². The predicted molar refractivity (Wildman–Crippen MR) is 111 cm³/mol. The number of carbonyl (C=O) groups excluding carboxylic acids is 2. The first-order valence-corrected chi connectivity index (χ1v) is 10.3. The Hall–Kier alpha value is -2.24. The molecule has 2 saturated heterocycles. The first-order valence-electron chi connectivity index (χ1n) is 10.3. The molecule has 2 aliphatic rings. The van der Waals surface area contributed by atoms with Crippen LogP contribution in [-0.4, -0.2) is 55.2 Å². The maximum Gasteiger partial charge on any atom is 0.410 e. The first-order chi connectivity index (χ1) is 13.2. The molecule has 1 N–H and O–H groups in total. The van der Waals surface area contributed by atoms with Crippen LogP contribution in [0.15, 0.2) is 24.3 Å². The Balaban J connectivity index is 1.59. The summed E-state index contributed by atoms with van der Waals surface area (Å²) in [4.78, 5) is 27.8. The lowest BCUT2D eigenvalue weighted by Gasteiger charge is -2.35. The van der Waals surface area contributed by atoms with E-state index in [-0.39, 0.29) is 12.0 Å². The van der Waals surface area contributed by atoms with Crippen LogP contribution < -0.4 is 10.2 Å². The molecule has 28 heavy (non-hydrogen) atoms. The molecule has 3 rings (SSSR count). The average Bonchev–Trinajstić information content (AvgIpc) is 2.67. The molecular formula is C22H33N3O3. The van der Waals surface area contributed by atoms with E-state index in [2.05, 4.69) is 41.5 Å². The van der Waals surface area contributed by atoms with Crippen molar-refractivity contribution in [2.24, 2.45) is 0 Å². The Kier molecular flexibility index (Phi) is 6.16. The number of hydrogen-bond donors (Lipinski definition) is 1. The maximum absolute atomic E-state index is 12.3. The van der Waals surface area contributed by atoms with Gasteiger partial charge in [-0.25, -0.2) is 4.79 Å². The second-order valence-electron chi connectivity index (χ2n) is 8.94. The monoisotopic (exact) mass is 387 g/mol. The quantitative estimate of drug-likeness (QED) is 0.862. The molecule has 154 valence electrons. The van der Waals surface area contributed by atoms with Crippen LogP contribution in [0.1, 0.15) is 57.9 Å². The smallest absolute Gasteiger partial charge is 0.410 e. The molecule has 2 fully saturated rings. The van der Waals surface area contributed by atoms with E-state index in [1.165, 1.54) is 11.3 Å². The van der Waals surface area contributed by atoms with Crippen molar-refractivity contribution < 1.29 is 14.3 Å². The minimum absolute atomic E-state index is 0.148. The number of anilines is 1. The van der Waals surface area contributed by atoms with Crippen molar-refractivity contribution >= 4 is 17.7 Å². The van der Waals surface area contributed by atoms with Gasteiger partial charge in [-0.05, 0) is 63.6 Å². The van der Waals surface area contributed by atoms with Crippen LogP contribution in [0.5, 0.6) is 0 Å². The second kappa shape index (κ2) is 8.41. The third-order valence-electron chi connectivity index (χ3n) is 5.68. The lowest BCUT2D eigenvalue weighted by molar-refractivity contribution is -0.122. The predicted octanol–water partition coefficient (Wildman–Crippen LogP) is 3.52. The van der Waals surface area contributed by atoms with Gasteiger partial charge in [-0.15, -0.1) is 0 Å². The Morgan fingerprint density at radius 1 is 1.21 bits per heavy atom. The summed E-state index contributed by atoms with van der Waals surface area (Å²) in [5.74, 6) is 0.605. The Bertz CT molecular complexity index is 695. The zero-order chi connectivity index (χ0) is 20.3. The third kappa shape index (κ3) is 5.18. The molecule has 6 heteroatoms. The van der Waals surface area contributed by atoms with Gasteiger partial charge in [-0.3, -0.25) is 4.79 Å². The van der Waals surface area contributed by atoms with Crippen molar-refractivity contribution in [1.29, 1.82) is 0 Å². The number of amides is 2. The molecule has 1 aromatic carbocycles. The van der Waals surface area contributed by atoms with Crippen molar-refractivity contribution in [3.63, 3.8) is 0 Å². The summed E-state index contributed by atoms with van der Waals surface area (Å²) in [5, 5.41) is 2.96. The van der Waals surface area contributed by atoms with Crippen molar-refractivity contribution in [3.05, 3.63) is 29.8 Å². The Labute approximate surface area is 168 Å². The summed E-state index contributed by atoms with van der Waals surface area (Å²) in [5.41, 5.74) is 2.06. The van der Waals surface area contributed by atoms with E-state index in [9.17, 15) is 9.59 Å². The molecule has 0 aliphatic carbocycles. The van der Waals surface area contributed by atoms with Crippen LogP contribution in [0.2, 0.25) is 0 Å². The minimum atomic E-state index is -0.453. The van der Waals surface area contributed by atoms with E-state index >= 15 is 0 Å². The van der Waals surface area contributed by atoms with Gasteiger partial charge in [-0.1, -0.05) is 12.1 Å². The maximum atomic E-state index is 12.3.